The molecular weight excluding hydrogens is 364 g/mol. The number of hydrogen-bond acceptors (Lipinski definition) is 1. The van der Waals surface area contributed by atoms with E-state index < -0.39 is 0 Å². The summed E-state index contributed by atoms with van der Waals surface area (Å²) in [6.45, 7) is 4.74. The van der Waals surface area contributed by atoms with E-state index in [9.17, 15) is 4.79 Å². The van der Waals surface area contributed by atoms with E-state index in [1.54, 1.807) is 0 Å². The van der Waals surface area contributed by atoms with Gasteiger partial charge >= 0.3 is 0 Å². The van der Waals surface area contributed by atoms with Crippen LogP contribution in [0.15, 0.2) is 0 Å². The van der Waals surface area contributed by atoms with Crippen molar-refractivity contribution in [3.63, 3.8) is 0 Å². The first-order valence-electron chi connectivity index (χ1n) is 14.2. The predicted octanol–water partition coefficient (Wildman–Crippen LogP) is 8.89. The van der Waals surface area contributed by atoms with E-state index in [2.05, 4.69) is 13.8 Å². The number of Topliss-reactive ketones (excluding diaryl/α,β-unsaturated/α-hetero) is 1. The van der Waals surface area contributed by atoms with Crippen molar-refractivity contribution >= 4 is 5.78 Å². The molecule has 4 rings (SSSR count). The summed E-state index contributed by atoms with van der Waals surface area (Å²) in [4.78, 5) is 14.9. The molecule has 0 radical (unpaired) electrons. The van der Waals surface area contributed by atoms with Crippen LogP contribution >= 0.6 is 0 Å². The van der Waals surface area contributed by atoms with E-state index in [-0.39, 0.29) is 10.8 Å². The molecule has 30 heavy (non-hydrogen) atoms. The van der Waals surface area contributed by atoms with Gasteiger partial charge in [0.15, 0.2) is 0 Å². The van der Waals surface area contributed by atoms with Crippen LogP contribution in [0.4, 0.5) is 0 Å². The van der Waals surface area contributed by atoms with Gasteiger partial charge in [0, 0.05) is 10.8 Å². The van der Waals surface area contributed by atoms with Crippen molar-refractivity contribution in [3.8, 4) is 0 Å². The van der Waals surface area contributed by atoms with Gasteiger partial charge < -0.3 is 0 Å². The van der Waals surface area contributed by atoms with Gasteiger partial charge in [0.25, 0.3) is 0 Å². The smallest absolute Gasteiger partial charge is 0.145 e. The summed E-state index contributed by atoms with van der Waals surface area (Å²) in [6.07, 6.45) is 26.6. The maximum atomic E-state index is 14.9. The summed E-state index contributed by atoms with van der Waals surface area (Å²) in [5.41, 5.74) is 0.131. The second-order valence-corrected chi connectivity index (χ2v) is 12.0. The van der Waals surface area contributed by atoms with Crippen LogP contribution in [0.25, 0.3) is 0 Å². The van der Waals surface area contributed by atoms with Gasteiger partial charge in [-0.3, -0.25) is 4.79 Å². The van der Waals surface area contributed by atoms with Crippen molar-refractivity contribution in [1.29, 1.82) is 0 Å². The molecule has 0 aromatic heterocycles. The van der Waals surface area contributed by atoms with E-state index in [4.69, 9.17) is 0 Å². The van der Waals surface area contributed by atoms with Gasteiger partial charge in [-0.2, -0.15) is 0 Å². The molecule has 0 saturated heterocycles. The van der Waals surface area contributed by atoms with Crippen LogP contribution in [-0.4, -0.2) is 5.78 Å². The second kappa shape index (κ2) is 10.1. The summed E-state index contributed by atoms with van der Waals surface area (Å²) >= 11 is 0. The summed E-state index contributed by atoms with van der Waals surface area (Å²) in [5, 5.41) is 0. The molecule has 1 heteroatoms. The number of rotatable bonds is 6. The molecular formula is C29H50O. The molecule has 0 aliphatic heterocycles. The summed E-state index contributed by atoms with van der Waals surface area (Å²) in [5.74, 6) is 4.11. The van der Waals surface area contributed by atoms with Gasteiger partial charge in [0.05, 0.1) is 0 Å². The Bertz CT molecular complexity index is 487. The molecule has 4 aliphatic carbocycles. The van der Waals surface area contributed by atoms with Crippen LogP contribution in [0.1, 0.15) is 142 Å². The van der Waals surface area contributed by atoms with Gasteiger partial charge in [-0.15, -0.1) is 0 Å². The Hall–Kier alpha value is -0.330. The maximum absolute atomic E-state index is 14.9. The Labute approximate surface area is 187 Å². The molecule has 0 bridgehead atoms. The summed E-state index contributed by atoms with van der Waals surface area (Å²) in [6, 6.07) is 0. The molecule has 172 valence electrons. The number of carbonyl (C=O) groups is 1. The fraction of sp³-hybridized carbons (Fsp3) is 0.966. The van der Waals surface area contributed by atoms with Crippen LogP contribution in [0.2, 0.25) is 0 Å². The molecule has 0 spiro atoms. The molecule has 0 heterocycles. The molecule has 0 amide bonds. The first-order valence-corrected chi connectivity index (χ1v) is 14.2. The fourth-order valence-corrected chi connectivity index (χ4v) is 8.75. The van der Waals surface area contributed by atoms with Crippen molar-refractivity contribution in [3.05, 3.63) is 0 Å². The number of carbonyl (C=O) groups excluding carboxylic acids is 1. The Morgan fingerprint density at radius 2 is 0.900 bits per heavy atom. The lowest BCUT2D eigenvalue weighted by Crippen LogP contribution is -2.53. The first kappa shape index (κ1) is 22.8. The minimum absolute atomic E-state index is 0.0654. The highest BCUT2D eigenvalue weighted by Gasteiger charge is 2.56. The van der Waals surface area contributed by atoms with Gasteiger partial charge in [0.2, 0.25) is 0 Å². The molecule has 4 fully saturated rings. The van der Waals surface area contributed by atoms with Crippen molar-refractivity contribution < 1.29 is 4.79 Å². The molecule has 0 unspecified atom stereocenters. The molecule has 4 aliphatic rings. The van der Waals surface area contributed by atoms with Crippen molar-refractivity contribution in [2.75, 3.05) is 0 Å². The minimum atomic E-state index is 0.0654. The SMILES string of the molecule is CCC1CCC(C2(C(=O)C3(C4CCC(CC)CC4)CCCCC3)CCCCC2)CC1. The van der Waals surface area contributed by atoms with Gasteiger partial charge in [-0.25, -0.2) is 0 Å². The topological polar surface area (TPSA) is 17.1 Å². The zero-order chi connectivity index (χ0) is 21.0. The third kappa shape index (κ3) is 4.30. The van der Waals surface area contributed by atoms with Crippen LogP contribution < -0.4 is 0 Å². The Morgan fingerprint density at radius 3 is 1.20 bits per heavy atom. The highest BCUT2D eigenvalue weighted by molar-refractivity contribution is 5.91. The number of ketones is 1. The predicted molar refractivity (Wildman–Crippen MR) is 128 cm³/mol. The standard InChI is InChI=1S/C29H50O/c1-3-23-11-15-25(16-12-23)28(19-7-5-8-20-28)27(30)29(21-9-6-10-22-29)26-17-13-24(4-2)14-18-26/h23-26H,3-22H2,1-2H3. The van der Waals surface area contributed by atoms with Gasteiger partial charge in [-0.1, -0.05) is 90.9 Å². The fourth-order valence-electron chi connectivity index (χ4n) is 8.75. The Balaban J connectivity index is 1.60. The van der Waals surface area contributed by atoms with E-state index in [1.807, 2.05) is 0 Å². The van der Waals surface area contributed by atoms with Crippen LogP contribution in [0.3, 0.4) is 0 Å². The largest absolute Gasteiger partial charge is 0.298 e. The second-order valence-electron chi connectivity index (χ2n) is 12.0. The summed E-state index contributed by atoms with van der Waals surface area (Å²) in [7, 11) is 0. The zero-order valence-corrected chi connectivity index (χ0v) is 20.4. The first-order chi connectivity index (χ1) is 14.6. The third-order valence-corrected chi connectivity index (χ3v) is 10.8. The molecule has 0 aromatic carbocycles. The molecule has 0 atom stereocenters. The minimum Gasteiger partial charge on any atom is -0.298 e. The molecule has 0 aromatic rings. The lowest BCUT2D eigenvalue weighted by Gasteiger charge is -2.54. The molecule has 1 nitrogen and oxygen atoms in total. The van der Waals surface area contributed by atoms with E-state index in [1.165, 1.54) is 128 Å². The summed E-state index contributed by atoms with van der Waals surface area (Å²) < 4.78 is 0. The molecule has 4 saturated carbocycles. The highest BCUT2D eigenvalue weighted by atomic mass is 16.1. The third-order valence-electron chi connectivity index (χ3n) is 10.8. The van der Waals surface area contributed by atoms with E-state index in [0.717, 1.165) is 17.6 Å². The highest BCUT2D eigenvalue weighted by Crippen LogP contribution is 2.59. The van der Waals surface area contributed by atoms with Crippen molar-refractivity contribution in [1.82, 2.24) is 0 Å². The average Bonchev–Trinajstić information content (AvgIpc) is 2.84. The van der Waals surface area contributed by atoms with Gasteiger partial charge in [-0.05, 0) is 75.0 Å². The Kier molecular flexibility index (Phi) is 7.68. The monoisotopic (exact) mass is 414 g/mol. The lowest BCUT2D eigenvalue weighted by molar-refractivity contribution is -0.154. The van der Waals surface area contributed by atoms with Crippen LogP contribution in [0.5, 0.6) is 0 Å². The van der Waals surface area contributed by atoms with Crippen LogP contribution in [-0.2, 0) is 4.79 Å². The quantitative estimate of drug-likeness (QED) is 0.424. The van der Waals surface area contributed by atoms with Crippen LogP contribution in [0, 0.1) is 34.5 Å². The maximum Gasteiger partial charge on any atom is 0.145 e. The molecule has 0 N–H and O–H groups in total. The average molecular weight is 415 g/mol. The van der Waals surface area contributed by atoms with E-state index >= 15 is 0 Å². The Morgan fingerprint density at radius 1 is 0.567 bits per heavy atom. The lowest BCUT2D eigenvalue weighted by atomic mass is 9.49. The van der Waals surface area contributed by atoms with E-state index in [0.29, 0.717) is 11.8 Å². The number of hydrogen-bond donors (Lipinski definition) is 0. The van der Waals surface area contributed by atoms with Gasteiger partial charge in [0.1, 0.15) is 5.78 Å². The normalized spacial score (nSPS) is 36.9. The zero-order valence-electron chi connectivity index (χ0n) is 20.4. The van der Waals surface area contributed by atoms with Crippen molar-refractivity contribution in [2.45, 2.75) is 142 Å². The van der Waals surface area contributed by atoms with Crippen molar-refractivity contribution in [2.24, 2.45) is 34.5 Å².